The van der Waals surface area contributed by atoms with Crippen LogP contribution in [0, 0.1) is 5.92 Å². The molecular weight excluding hydrogens is 202 g/mol. The molecule has 1 saturated heterocycles. The molecule has 1 heterocycles. The van der Waals surface area contributed by atoms with Crippen molar-refractivity contribution >= 4 is 0 Å². The average Bonchev–Trinajstić information content (AvgIpc) is 2.38. The Balaban J connectivity index is 1.72. The van der Waals surface area contributed by atoms with Crippen LogP contribution in [0.4, 0.5) is 0 Å². The average molecular weight is 221 g/mol. The molecule has 3 heteroatoms. The highest BCUT2D eigenvalue weighted by molar-refractivity contribution is 5.20. The zero-order valence-electron chi connectivity index (χ0n) is 9.47. The minimum absolute atomic E-state index is 0.257. The van der Waals surface area contributed by atoms with Crippen LogP contribution in [0.1, 0.15) is 12.8 Å². The minimum atomic E-state index is 0.257. The summed E-state index contributed by atoms with van der Waals surface area (Å²) in [6.07, 6.45) is 2.46. The molecule has 2 N–H and O–H groups in total. The van der Waals surface area contributed by atoms with Gasteiger partial charge in [0.2, 0.25) is 0 Å². The van der Waals surface area contributed by atoms with Gasteiger partial charge in [-0.05, 0) is 25.0 Å². The zero-order chi connectivity index (χ0) is 11.2. The molecule has 0 radical (unpaired) electrons. The highest BCUT2D eigenvalue weighted by Gasteiger charge is 2.20. The van der Waals surface area contributed by atoms with Gasteiger partial charge in [-0.15, -0.1) is 0 Å². The molecule has 0 spiro atoms. The second-order valence-electron chi connectivity index (χ2n) is 4.26. The van der Waals surface area contributed by atoms with E-state index in [2.05, 4.69) is 0 Å². The van der Waals surface area contributed by atoms with Crippen LogP contribution >= 0.6 is 0 Å². The molecule has 0 aromatic heterocycles. The molecule has 0 amide bonds. The van der Waals surface area contributed by atoms with Gasteiger partial charge in [0.15, 0.2) is 0 Å². The van der Waals surface area contributed by atoms with Gasteiger partial charge in [-0.25, -0.2) is 0 Å². The summed E-state index contributed by atoms with van der Waals surface area (Å²) in [6.45, 7) is 2.14. The van der Waals surface area contributed by atoms with Gasteiger partial charge >= 0.3 is 0 Å². The number of nitrogens with two attached hydrogens (primary N) is 1. The SMILES string of the molecule is NC[C@@H]1CC[C@@H](COc2ccccc2)CO1. The third-order valence-corrected chi connectivity index (χ3v) is 2.96. The summed E-state index contributed by atoms with van der Waals surface area (Å²) in [5.41, 5.74) is 5.56. The first-order chi connectivity index (χ1) is 7.88. The number of hydrogen-bond acceptors (Lipinski definition) is 3. The van der Waals surface area contributed by atoms with Crippen LogP contribution in [0.25, 0.3) is 0 Å². The molecule has 1 fully saturated rings. The van der Waals surface area contributed by atoms with Crippen LogP contribution < -0.4 is 10.5 Å². The second-order valence-corrected chi connectivity index (χ2v) is 4.26. The van der Waals surface area contributed by atoms with E-state index in [-0.39, 0.29) is 6.10 Å². The highest BCUT2D eigenvalue weighted by atomic mass is 16.5. The molecule has 2 atom stereocenters. The predicted molar refractivity (Wildman–Crippen MR) is 63.5 cm³/mol. The van der Waals surface area contributed by atoms with Crippen LogP contribution in [0.5, 0.6) is 5.75 Å². The number of ether oxygens (including phenoxy) is 2. The topological polar surface area (TPSA) is 44.5 Å². The van der Waals surface area contributed by atoms with Crippen LogP contribution in [-0.2, 0) is 4.74 Å². The van der Waals surface area contributed by atoms with Crippen molar-refractivity contribution in [3.63, 3.8) is 0 Å². The van der Waals surface area contributed by atoms with Crippen molar-refractivity contribution in [2.45, 2.75) is 18.9 Å². The van der Waals surface area contributed by atoms with Crippen molar-refractivity contribution < 1.29 is 9.47 Å². The molecule has 1 aliphatic heterocycles. The van der Waals surface area contributed by atoms with Gasteiger partial charge in [0.05, 0.1) is 19.3 Å². The predicted octanol–water partition coefficient (Wildman–Crippen LogP) is 1.82. The molecule has 1 aliphatic rings. The summed E-state index contributed by atoms with van der Waals surface area (Å²) in [5, 5.41) is 0. The lowest BCUT2D eigenvalue weighted by molar-refractivity contribution is -0.0219. The van der Waals surface area contributed by atoms with E-state index < -0.39 is 0 Å². The van der Waals surface area contributed by atoms with Gasteiger partial charge in [-0.3, -0.25) is 0 Å². The fourth-order valence-electron chi connectivity index (χ4n) is 1.91. The van der Waals surface area contributed by atoms with E-state index in [1.54, 1.807) is 0 Å². The maximum absolute atomic E-state index is 5.70. The van der Waals surface area contributed by atoms with Gasteiger partial charge in [0.1, 0.15) is 5.75 Å². The monoisotopic (exact) mass is 221 g/mol. The van der Waals surface area contributed by atoms with E-state index in [1.165, 1.54) is 0 Å². The Kier molecular flexibility index (Phi) is 4.19. The van der Waals surface area contributed by atoms with E-state index >= 15 is 0 Å². The summed E-state index contributed by atoms with van der Waals surface area (Å²) in [4.78, 5) is 0. The van der Waals surface area contributed by atoms with Crippen LogP contribution in [-0.4, -0.2) is 25.9 Å². The molecule has 1 aromatic carbocycles. The maximum atomic E-state index is 5.70. The molecule has 0 bridgehead atoms. The molecule has 3 nitrogen and oxygen atoms in total. The van der Waals surface area contributed by atoms with Crippen molar-refractivity contribution in [2.75, 3.05) is 19.8 Å². The summed E-state index contributed by atoms with van der Waals surface area (Å²) in [7, 11) is 0. The van der Waals surface area contributed by atoms with E-state index in [0.717, 1.165) is 31.8 Å². The largest absolute Gasteiger partial charge is 0.493 e. The van der Waals surface area contributed by atoms with Gasteiger partial charge in [0.25, 0.3) is 0 Å². The molecule has 0 aliphatic carbocycles. The Bertz CT molecular complexity index is 294. The fourth-order valence-corrected chi connectivity index (χ4v) is 1.91. The van der Waals surface area contributed by atoms with Crippen LogP contribution in [0.3, 0.4) is 0 Å². The standard InChI is InChI=1S/C13H19NO2/c14-8-13-7-6-11(10-16-13)9-15-12-4-2-1-3-5-12/h1-5,11,13H,6-10,14H2/t11-,13-/m0/s1. The summed E-state index contributed by atoms with van der Waals surface area (Å²) in [6, 6.07) is 9.91. The van der Waals surface area contributed by atoms with Crippen LogP contribution in [0.2, 0.25) is 0 Å². The quantitative estimate of drug-likeness (QED) is 0.843. The Morgan fingerprint density at radius 3 is 2.69 bits per heavy atom. The van der Waals surface area contributed by atoms with Crippen molar-refractivity contribution in [3.05, 3.63) is 30.3 Å². The first-order valence-electron chi connectivity index (χ1n) is 5.88. The summed E-state index contributed by atoms with van der Waals surface area (Å²) in [5.74, 6) is 1.44. The zero-order valence-corrected chi connectivity index (χ0v) is 9.47. The molecular formula is C13H19NO2. The van der Waals surface area contributed by atoms with E-state index in [4.69, 9.17) is 15.2 Å². The van der Waals surface area contributed by atoms with Gasteiger partial charge in [0, 0.05) is 12.5 Å². The highest BCUT2D eigenvalue weighted by Crippen LogP contribution is 2.19. The smallest absolute Gasteiger partial charge is 0.119 e. The number of rotatable bonds is 4. The van der Waals surface area contributed by atoms with Crippen molar-refractivity contribution in [1.29, 1.82) is 0 Å². The summed E-state index contributed by atoms with van der Waals surface area (Å²) >= 11 is 0. The third kappa shape index (κ3) is 3.22. The fraction of sp³-hybridized carbons (Fsp3) is 0.538. The molecule has 0 saturated carbocycles. The van der Waals surface area contributed by atoms with E-state index in [9.17, 15) is 0 Å². The van der Waals surface area contributed by atoms with E-state index in [1.807, 2.05) is 30.3 Å². The number of benzene rings is 1. The van der Waals surface area contributed by atoms with E-state index in [0.29, 0.717) is 12.5 Å². The number of para-hydroxylation sites is 1. The second kappa shape index (κ2) is 5.87. The first-order valence-corrected chi connectivity index (χ1v) is 5.88. The van der Waals surface area contributed by atoms with Gasteiger partial charge in [-0.2, -0.15) is 0 Å². The van der Waals surface area contributed by atoms with Crippen molar-refractivity contribution in [2.24, 2.45) is 11.7 Å². The van der Waals surface area contributed by atoms with Crippen molar-refractivity contribution in [3.8, 4) is 5.75 Å². The van der Waals surface area contributed by atoms with Crippen LogP contribution in [0.15, 0.2) is 30.3 Å². The third-order valence-electron chi connectivity index (χ3n) is 2.96. The summed E-state index contributed by atoms with van der Waals surface area (Å²) < 4.78 is 11.3. The van der Waals surface area contributed by atoms with Gasteiger partial charge in [-0.1, -0.05) is 18.2 Å². The Morgan fingerprint density at radius 1 is 1.25 bits per heavy atom. The maximum Gasteiger partial charge on any atom is 0.119 e. The van der Waals surface area contributed by atoms with Gasteiger partial charge < -0.3 is 15.2 Å². The first kappa shape index (κ1) is 11.4. The lowest BCUT2D eigenvalue weighted by Gasteiger charge is -2.28. The lowest BCUT2D eigenvalue weighted by Crippen LogP contribution is -2.33. The minimum Gasteiger partial charge on any atom is -0.493 e. The lowest BCUT2D eigenvalue weighted by atomic mass is 9.99. The normalized spacial score (nSPS) is 25.3. The molecule has 0 unspecified atom stereocenters. The number of hydrogen-bond donors (Lipinski definition) is 1. The van der Waals surface area contributed by atoms with Crippen molar-refractivity contribution in [1.82, 2.24) is 0 Å². The molecule has 88 valence electrons. The Hall–Kier alpha value is -1.06. The Morgan fingerprint density at radius 2 is 2.06 bits per heavy atom. The molecule has 1 aromatic rings. The molecule has 2 rings (SSSR count). The Labute approximate surface area is 96.5 Å². The molecule has 16 heavy (non-hydrogen) atoms.